The van der Waals surface area contributed by atoms with Crippen LogP contribution in [0, 0.1) is 5.92 Å². The van der Waals surface area contributed by atoms with Crippen LogP contribution >= 0.6 is 0 Å². The molecule has 0 radical (unpaired) electrons. The van der Waals surface area contributed by atoms with E-state index in [1.807, 2.05) is 0 Å². The van der Waals surface area contributed by atoms with E-state index in [1.165, 1.54) is 0 Å². The van der Waals surface area contributed by atoms with Gasteiger partial charge in [0.05, 0.1) is 31.3 Å². The lowest BCUT2D eigenvalue weighted by Gasteiger charge is -2.38. The number of aliphatic hydroxyl groups is 1. The third kappa shape index (κ3) is 3.72. The highest BCUT2D eigenvalue weighted by molar-refractivity contribution is 6.01. The van der Waals surface area contributed by atoms with Gasteiger partial charge in [-0.05, 0) is 19.1 Å². The first kappa shape index (κ1) is 17.6. The average molecular weight is 346 g/mol. The summed E-state index contributed by atoms with van der Waals surface area (Å²) in [7, 11) is 0. The van der Waals surface area contributed by atoms with Gasteiger partial charge in [-0.25, -0.2) is 0 Å². The normalized spacial score (nSPS) is 24.2. The van der Waals surface area contributed by atoms with Gasteiger partial charge >= 0.3 is 0 Å². The fraction of sp³-hybridized carbons (Fsp3) is 0.500. The third-order valence-corrected chi connectivity index (χ3v) is 4.72. The van der Waals surface area contributed by atoms with Gasteiger partial charge in [-0.3, -0.25) is 14.4 Å². The number of nitrogens with zero attached hydrogens (tertiary/aromatic N) is 1. The number of carbonyl (C=O) groups is 3. The Morgan fingerprint density at radius 1 is 1.32 bits per heavy atom. The maximum Gasteiger partial charge on any atom is 0.254 e. The van der Waals surface area contributed by atoms with Gasteiger partial charge in [-0.15, -0.1) is 0 Å². The molecule has 0 spiro atoms. The van der Waals surface area contributed by atoms with Crippen LogP contribution in [0.25, 0.3) is 0 Å². The Balaban J connectivity index is 1.67. The lowest BCUT2D eigenvalue weighted by molar-refractivity contribution is -0.140. The van der Waals surface area contributed by atoms with Crippen molar-refractivity contribution in [3.05, 3.63) is 35.4 Å². The fourth-order valence-electron chi connectivity index (χ4n) is 3.28. The zero-order chi connectivity index (χ0) is 18.0. The Hall–Kier alpha value is -2.25. The molecule has 2 amide bonds. The molecule has 3 rings (SSSR count). The minimum atomic E-state index is -0.791. The fourth-order valence-corrected chi connectivity index (χ4v) is 3.28. The van der Waals surface area contributed by atoms with E-state index in [-0.39, 0.29) is 30.1 Å². The van der Waals surface area contributed by atoms with Gasteiger partial charge in [-0.2, -0.15) is 0 Å². The van der Waals surface area contributed by atoms with E-state index in [9.17, 15) is 19.5 Å². The molecule has 0 aliphatic carbocycles. The van der Waals surface area contributed by atoms with E-state index < -0.39 is 12.0 Å². The smallest absolute Gasteiger partial charge is 0.254 e. The second-order valence-electron chi connectivity index (χ2n) is 6.49. The van der Waals surface area contributed by atoms with E-state index in [1.54, 1.807) is 36.1 Å². The number of ketones is 1. The SMILES string of the molecule is C[C@@H](O)[C@H]1C(=O)N[C@@H]1CC(=O)c1cccc(C(=O)N2CCOCC2)c1. The number of β-lactam (4-membered cyclic amide) rings is 1. The van der Waals surface area contributed by atoms with Crippen LogP contribution in [-0.2, 0) is 9.53 Å². The number of Topliss-reactive ketones (excluding diaryl/α,β-unsaturated/α-hetero) is 1. The highest BCUT2D eigenvalue weighted by Gasteiger charge is 2.43. The van der Waals surface area contributed by atoms with Crippen LogP contribution in [0.2, 0.25) is 0 Å². The number of carbonyl (C=O) groups excluding carboxylic acids is 3. The van der Waals surface area contributed by atoms with E-state index in [0.717, 1.165) is 0 Å². The van der Waals surface area contributed by atoms with Crippen molar-refractivity contribution >= 4 is 17.6 Å². The highest BCUT2D eigenvalue weighted by Crippen LogP contribution is 2.23. The van der Waals surface area contributed by atoms with E-state index in [4.69, 9.17) is 4.74 Å². The Morgan fingerprint density at radius 2 is 2.00 bits per heavy atom. The minimum absolute atomic E-state index is 0.108. The highest BCUT2D eigenvalue weighted by atomic mass is 16.5. The molecule has 3 atom stereocenters. The van der Waals surface area contributed by atoms with Crippen molar-refractivity contribution in [2.24, 2.45) is 5.92 Å². The largest absolute Gasteiger partial charge is 0.393 e. The maximum atomic E-state index is 12.5. The maximum absolute atomic E-state index is 12.5. The molecule has 1 aromatic carbocycles. The summed E-state index contributed by atoms with van der Waals surface area (Å²) in [5.41, 5.74) is 0.905. The summed E-state index contributed by atoms with van der Waals surface area (Å²) in [6, 6.07) is 6.28. The summed E-state index contributed by atoms with van der Waals surface area (Å²) in [6.45, 7) is 3.67. The first-order chi connectivity index (χ1) is 12.0. The molecule has 2 N–H and O–H groups in total. The summed E-state index contributed by atoms with van der Waals surface area (Å²) >= 11 is 0. The summed E-state index contributed by atoms with van der Waals surface area (Å²) in [5.74, 6) is -1.06. The Morgan fingerprint density at radius 3 is 2.64 bits per heavy atom. The van der Waals surface area contributed by atoms with Crippen LogP contribution in [0.1, 0.15) is 34.1 Å². The number of benzene rings is 1. The zero-order valence-corrected chi connectivity index (χ0v) is 14.1. The standard InChI is InChI=1S/C18H22N2O5/c1-11(21)16-14(19-17(16)23)10-15(22)12-3-2-4-13(9-12)18(24)20-5-7-25-8-6-20/h2-4,9,11,14,16,21H,5-8,10H2,1H3,(H,19,23)/t11-,14-,16-/m1/s1. The van der Waals surface area contributed by atoms with Crippen molar-refractivity contribution in [2.75, 3.05) is 26.3 Å². The van der Waals surface area contributed by atoms with Crippen molar-refractivity contribution in [1.82, 2.24) is 10.2 Å². The Labute approximate surface area is 146 Å². The molecule has 134 valence electrons. The van der Waals surface area contributed by atoms with Crippen LogP contribution in [0.5, 0.6) is 0 Å². The predicted octanol–water partition coefficient (Wildman–Crippen LogP) is 0.227. The quantitative estimate of drug-likeness (QED) is 0.588. The van der Waals surface area contributed by atoms with Gasteiger partial charge in [-0.1, -0.05) is 12.1 Å². The molecule has 2 aliphatic heterocycles. The van der Waals surface area contributed by atoms with E-state index in [0.29, 0.717) is 37.4 Å². The molecule has 0 saturated carbocycles. The first-order valence-corrected chi connectivity index (χ1v) is 8.46. The molecule has 2 fully saturated rings. The molecule has 2 saturated heterocycles. The number of nitrogens with one attached hydrogen (secondary N) is 1. The number of aliphatic hydroxyl groups excluding tert-OH is 1. The van der Waals surface area contributed by atoms with Gasteiger partial charge in [0.15, 0.2) is 5.78 Å². The number of rotatable bonds is 5. The van der Waals surface area contributed by atoms with Crippen molar-refractivity contribution in [2.45, 2.75) is 25.5 Å². The van der Waals surface area contributed by atoms with Gasteiger partial charge in [0, 0.05) is 30.6 Å². The zero-order valence-electron chi connectivity index (χ0n) is 14.1. The predicted molar refractivity (Wildman–Crippen MR) is 89.2 cm³/mol. The summed E-state index contributed by atoms with van der Waals surface area (Å²) in [5, 5.41) is 12.3. The van der Waals surface area contributed by atoms with Crippen molar-refractivity contribution in [1.29, 1.82) is 0 Å². The number of hydrogen-bond acceptors (Lipinski definition) is 5. The lowest BCUT2D eigenvalue weighted by atomic mass is 9.82. The second-order valence-corrected chi connectivity index (χ2v) is 6.49. The summed E-state index contributed by atoms with van der Waals surface area (Å²) in [4.78, 5) is 38.2. The minimum Gasteiger partial charge on any atom is -0.393 e. The van der Waals surface area contributed by atoms with Gasteiger partial charge in [0.2, 0.25) is 5.91 Å². The molecule has 2 heterocycles. The number of ether oxygens (including phenoxy) is 1. The second kappa shape index (κ2) is 7.33. The summed E-state index contributed by atoms with van der Waals surface area (Å²) < 4.78 is 5.25. The molecule has 0 bridgehead atoms. The number of morpholine rings is 1. The van der Waals surface area contributed by atoms with Gasteiger partial charge in [0.25, 0.3) is 5.91 Å². The molecule has 7 nitrogen and oxygen atoms in total. The lowest BCUT2D eigenvalue weighted by Crippen LogP contribution is -2.62. The molecule has 1 aromatic rings. The summed E-state index contributed by atoms with van der Waals surface area (Å²) in [6.07, 6.45) is -0.683. The topological polar surface area (TPSA) is 95.9 Å². The van der Waals surface area contributed by atoms with Crippen LogP contribution in [0.15, 0.2) is 24.3 Å². The Bertz CT molecular complexity index is 682. The van der Waals surface area contributed by atoms with Crippen molar-refractivity contribution < 1.29 is 24.2 Å². The number of amides is 2. The van der Waals surface area contributed by atoms with Crippen LogP contribution in [-0.4, -0.2) is 66.1 Å². The van der Waals surface area contributed by atoms with Crippen LogP contribution < -0.4 is 5.32 Å². The Kier molecular flexibility index (Phi) is 5.15. The van der Waals surface area contributed by atoms with E-state index >= 15 is 0 Å². The molecule has 2 aliphatic rings. The molecular formula is C18H22N2O5. The molecule has 25 heavy (non-hydrogen) atoms. The van der Waals surface area contributed by atoms with Crippen molar-refractivity contribution in [3.63, 3.8) is 0 Å². The third-order valence-electron chi connectivity index (χ3n) is 4.72. The average Bonchev–Trinajstić information content (AvgIpc) is 2.60. The monoisotopic (exact) mass is 346 g/mol. The van der Waals surface area contributed by atoms with Crippen molar-refractivity contribution in [3.8, 4) is 0 Å². The molecular weight excluding hydrogens is 324 g/mol. The van der Waals surface area contributed by atoms with E-state index in [2.05, 4.69) is 5.32 Å². The van der Waals surface area contributed by atoms with Gasteiger partial charge < -0.3 is 20.1 Å². The first-order valence-electron chi connectivity index (χ1n) is 8.46. The molecule has 0 unspecified atom stereocenters. The van der Waals surface area contributed by atoms with Crippen LogP contribution in [0.4, 0.5) is 0 Å². The number of hydrogen-bond donors (Lipinski definition) is 2. The molecule has 7 heteroatoms. The van der Waals surface area contributed by atoms with Gasteiger partial charge in [0.1, 0.15) is 0 Å². The van der Waals surface area contributed by atoms with Crippen LogP contribution in [0.3, 0.4) is 0 Å². The molecule has 0 aromatic heterocycles.